The van der Waals surface area contributed by atoms with Gasteiger partial charge in [0.1, 0.15) is 23.9 Å². The van der Waals surface area contributed by atoms with Crippen LogP contribution in [0.15, 0.2) is 71.7 Å². The lowest BCUT2D eigenvalue weighted by Crippen LogP contribution is -2.28. The highest BCUT2D eigenvalue weighted by molar-refractivity contribution is 7.93. The van der Waals surface area contributed by atoms with Gasteiger partial charge in [-0.2, -0.15) is 5.26 Å². The van der Waals surface area contributed by atoms with Crippen LogP contribution in [-0.2, 0) is 0 Å². The molecule has 0 amide bonds. The van der Waals surface area contributed by atoms with Gasteiger partial charge in [0.05, 0.1) is 11.9 Å². The number of nitriles is 1. The van der Waals surface area contributed by atoms with E-state index < -0.39 is 7.26 Å². The van der Waals surface area contributed by atoms with Crippen molar-refractivity contribution in [3.8, 4) is 6.07 Å². The third kappa shape index (κ3) is 3.22. The van der Waals surface area contributed by atoms with E-state index in [0.29, 0.717) is 0 Å². The van der Waals surface area contributed by atoms with Crippen LogP contribution in [0, 0.1) is 11.3 Å². The first-order valence-corrected chi connectivity index (χ1v) is 11.1. The molecule has 25 heavy (non-hydrogen) atoms. The van der Waals surface area contributed by atoms with Crippen molar-refractivity contribution in [3.63, 3.8) is 0 Å². The van der Waals surface area contributed by atoms with Gasteiger partial charge in [0.2, 0.25) is 0 Å². The van der Waals surface area contributed by atoms with E-state index in [1.54, 1.807) is 0 Å². The smallest absolute Gasteiger partial charge is 0.198 e. The SMILES string of the molecule is CC[P+](/C(C#N)=C(/C)N1CCCC1)(c1ccccc1)c1ccccc1. The van der Waals surface area contributed by atoms with Crippen molar-refractivity contribution in [3.05, 3.63) is 71.7 Å². The normalized spacial score (nSPS) is 15.6. The van der Waals surface area contributed by atoms with E-state index in [4.69, 9.17) is 0 Å². The molecule has 128 valence electrons. The molecule has 0 saturated carbocycles. The highest BCUT2D eigenvalue weighted by Crippen LogP contribution is 2.64. The molecule has 0 aliphatic carbocycles. The van der Waals surface area contributed by atoms with Crippen molar-refractivity contribution in [2.45, 2.75) is 26.7 Å². The molecular formula is C22H26N2P+. The van der Waals surface area contributed by atoms with Crippen molar-refractivity contribution in [2.75, 3.05) is 19.3 Å². The maximum atomic E-state index is 10.2. The van der Waals surface area contributed by atoms with Crippen LogP contribution in [-0.4, -0.2) is 24.2 Å². The zero-order chi connectivity index (χ0) is 17.7. The first kappa shape index (κ1) is 17.7. The average molecular weight is 349 g/mol. The molecule has 0 unspecified atom stereocenters. The summed E-state index contributed by atoms with van der Waals surface area (Å²) >= 11 is 0. The number of rotatable bonds is 5. The molecule has 1 aliphatic rings. The van der Waals surface area contributed by atoms with E-state index in [2.05, 4.69) is 85.5 Å². The minimum Gasteiger partial charge on any atom is -0.371 e. The molecule has 1 aliphatic heterocycles. The summed E-state index contributed by atoms with van der Waals surface area (Å²) < 4.78 is 0. The lowest BCUT2D eigenvalue weighted by Gasteiger charge is -2.29. The highest BCUT2D eigenvalue weighted by Gasteiger charge is 2.47. The van der Waals surface area contributed by atoms with Gasteiger partial charge >= 0.3 is 0 Å². The van der Waals surface area contributed by atoms with Crippen LogP contribution in [0.4, 0.5) is 0 Å². The number of hydrogen-bond donors (Lipinski definition) is 0. The minimum atomic E-state index is -1.92. The largest absolute Gasteiger partial charge is 0.371 e. The molecule has 1 fully saturated rings. The number of benzene rings is 2. The minimum absolute atomic E-state index is 0.967. The van der Waals surface area contributed by atoms with Gasteiger partial charge < -0.3 is 4.90 Å². The Kier molecular flexibility index (Phi) is 5.57. The Labute approximate surface area is 152 Å². The van der Waals surface area contributed by atoms with E-state index in [9.17, 15) is 5.26 Å². The van der Waals surface area contributed by atoms with Gasteiger partial charge in [-0.05, 0) is 51.0 Å². The van der Waals surface area contributed by atoms with Crippen LogP contribution in [0.2, 0.25) is 0 Å². The molecule has 0 N–H and O–H groups in total. The first-order chi connectivity index (χ1) is 12.2. The van der Waals surface area contributed by atoms with Crippen molar-refractivity contribution in [1.82, 2.24) is 4.90 Å². The summed E-state index contributed by atoms with van der Waals surface area (Å²) in [6.07, 6.45) is 3.42. The Morgan fingerprint density at radius 2 is 1.44 bits per heavy atom. The average Bonchev–Trinajstić information content (AvgIpc) is 3.22. The zero-order valence-electron chi connectivity index (χ0n) is 15.2. The molecule has 3 rings (SSSR count). The molecule has 0 spiro atoms. The fourth-order valence-electron chi connectivity index (χ4n) is 3.94. The van der Waals surface area contributed by atoms with Gasteiger partial charge in [-0.1, -0.05) is 36.4 Å². The number of allylic oxidation sites excluding steroid dienone is 2. The zero-order valence-corrected chi connectivity index (χ0v) is 16.0. The number of nitrogens with zero attached hydrogens (tertiary/aromatic N) is 2. The van der Waals surface area contributed by atoms with Crippen molar-refractivity contribution in [1.29, 1.82) is 5.26 Å². The van der Waals surface area contributed by atoms with Crippen LogP contribution in [0.3, 0.4) is 0 Å². The van der Waals surface area contributed by atoms with E-state index in [1.165, 1.54) is 29.1 Å². The van der Waals surface area contributed by atoms with Crippen molar-refractivity contribution < 1.29 is 0 Å². The van der Waals surface area contributed by atoms with Crippen LogP contribution in [0.25, 0.3) is 0 Å². The van der Waals surface area contributed by atoms with Gasteiger partial charge in [-0.25, -0.2) is 0 Å². The van der Waals surface area contributed by atoms with Gasteiger partial charge in [0.15, 0.2) is 5.31 Å². The van der Waals surface area contributed by atoms with E-state index >= 15 is 0 Å². The third-order valence-corrected chi connectivity index (χ3v) is 9.77. The van der Waals surface area contributed by atoms with Gasteiger partial charge in [0, 0.05) is 13.1 Å². The molecule has 0 radical (unpaired) electrons. The first-order valence-electron chi connectivity index (χ1n) is 9.10. The summed E-state index contributed by atoms with van der Waals surface area (Å²) in [4.78, 5) is 2.41. The van der Waals surface area contributed by atoms with E-state index in [0.717, 1.165) is 24.6 Å². The van der Waals surface area contributed by atoms with Crippen LogP contribution >= 0.6 is 7.26 Å². The van der Waals surface area contributed by atoms with Crippen LogP contribution in [0.5, 0.6) is 0 Å². The Bertz CT molecular complexity index is 729. The predicted octanol–water partition coefficient (Wildman–Crippen LogP) is 4.53. The molecular weight excluding hydrogens is 323 g/mol. The molecule has 3 heteroatoms. The summed E-state index contributed by atoms with van der Waals surface area (Å²) in [6.45, 7) is 6.54. The highest BCUT2D eigenvalue weighted by atomic mass is 31.2. The summed E-state index contributed by atoms with van der Waals surface area (Å²) in [5, 5.41) is 13.8. The fraction of sp³-hybridized carbons (Fsp3) is 0.318. The van der Waals surface area contributed by atoms with Crippen molar-refractivity contribution in [2.24, 2.45) is 0 Å². The summed E-state index contributed by atoms with van der Waals surface area (Å²) in [6, 6.07) is 24.0. The van der Waals surface area contributed by atoms with Gasteiger partial charge in [-0.3, -0.25) is 0 Å². The van der Waals surface area contributed by atoms with Gasteiger partial charge in [0.25, 0.3) is 0 Å². The monoisotopic (exact) mass is 349 g/mol. The van der Waals surface area contributed by atoms with Crippen LogP contribution in [0.1, 0.15) is 26.7 Å². The quantitative estimate of drug-likeness (QED) is 0.586. The standard InChI is InChI=1S/C22H26N2P/c1-3-25(20-12-6-4-7-13-20,21-14-8-5-9-15-21)22(18-23)19(2)24-16-10-11-17-24/h4-9,12-15H,3,10-11,16-17H2,1-2H3/q+1/b22-19-. The lowest BCUT2D eigenvalue weighted by atomic mass is 10.4. The summed E-state index contributed by atoms with van der Waals surface area (Å²) in [5.41, 5.74) is 1.18. The molecule has 2 aromatic carbocycles. The topological polar surface area (TPSA) is 27.0 Å². The van der Waals surface area contributed by atoms with E-state index in [-0.39, 0.29) is 0 Å². The second kappa shape index (κ2) is 7.85. The van der Waals surface area contributed by atoms with E-state index in [1.807, 2.05) is 0 Å². The Morgan fingerprint density at radius 3 is 1.84 bits per heavy atom. The Balaban J connectivity index is 2.27. The molecule has 2 aromatic rings. The number of likely N-dealkylation sites (tertiary alicyclic amines) is 1. The van der Waals surface area contributed by atoms with Crippen molar-refractivity contribution >= 4 is 17.9 Å². The number of hydrogen-bond acceptors (Lipinski definition) is 2. The third-order valence-electron chi connectivity index (χ3n) is 5.28. The summed E-state index contributed by atoms with van der Waals surface area (Å²) in [7, 11) is -1.92. The Hall–Kier alpha value is -2.10. The molecule has 0 bridgehead atoms. The second-order valence-corrected chi connectivity index (χ2v) is 10.3. The molecule has 1 heterocycles. The maximum absolute atomic E-state index is 10.2. The molecule has 1 saturated heterocycles. The van der Waals surface area contributed by atoms with Crippen LogP contribution < -0.4 is 10.6 Å². The Morgan fingerprint density at radius 1 is 0.960 bits per heavy atom. The predicted molar refractivity (Wildman–Crippen MR) is 109 cm³/mol. The fourth-order valence-corrected chi connectivity index (χ4v) is 8.03. The molecule has 0 atom stereocenters. The maximum Gasteiger partial charge on any atom is 0.198 e. The second-order valence-electron chi connectivity index (χ2n) is 6.54. The summed E-state index contributed by atoms with van der Waals surface area (Å²) in [5.74, 6) is 0. The molecule has 0 aromatic heterocycles. The molecule has 2 nitrogen and oxygen atoms in total. The van der Waals surface area contributed by atoms with Gasteiger partial charge in [-0.15, -0.1) is 0 Å². The lowest BCUT2D eigenvalue weighted by molar-refractivity contribution is 0.427.